The van der Waals surface area contributed by atoms with Crippen molar-refractivity contribution in [3.05, 3.63) is 122 Å². The third-order valence-corrected chi connectivity index (χ3v) is 6.83. The Balaban J connectivity index is 1.64. The second kappa shape index (κ2) is 9.49. The molecule has 0 N–H and O–H groups in total. The zero-order chi connectivity index (χ0) is 26.2. The van der Waals surface area contributed by atoms with Crippen LogP contribution in [0.3, 0.4) is 0 Å². The van der Waals surface area contributed by atoms with Gasteiger partial charge in [-0.1, -0.05) is 36.4 Å². The maximum atomic E-state index is 13.7. The highest BCUT2D eigenvalue weighted by molar-refractivity contribution is 7.07. The number of ether oxygens (including phenoxy) is 1. The number of nitrogens with zero attached hydrogens (tertiary/aromatic N) is 5. The Bertz CT molecular complexity index is 1960. The molecule has 3 aromatic heterocycles. The lowest BCUT2D eigenvalue weighted by Crippen LogP contribution is -2.35. The molecule has 0 aliphatic rings. The van der Waals surface area contributed by atoms with Crippen LogP contribution >= 0.6 is 11.3 Å². The SMILES string of the molecule is COc1ccc(N=c2scc(-c3cc4ccccc4oc3=O)n2-n2c(C)nn(-c3ccccc3)c2=O)cc1. The summed E-state index contributed by atoms with van der Waals surface area (Å²) in [6, 6.07) is 25.4. The van der Waals surface area contributed by atoms with Gasteiger partial charge in [0.15, 0.2) is 5.82 Å². The lowest BCUT2D eigenvalue weighted by molar-refractivity contribution is 0.415. The molecule has 38 heavy (non-hydrogen) atoms. The van der Waals surface area contributed by atoms with Crippen molar-refractivity contribution in [1.29, 1.82) is 0 Å². The van der Waals surface area contributed by atoms with Crippen molar-refractivity contribution in [3.63, 3.8) is 0 Å². The van der Waals surface area contributed by atoms with Gasteiger partial charge in [0.1, 0.15) is 11.3 Å². The Labute approximate surface area is 219 Å². The summed E-state index contributed by atoms with van der Waals surface area (Å²) in [6.07, 6.45) is 0. The average molecular weight is 524 g/mol. The Morgan fingerprint density at radius 3 is 2.42 bits per heavy atom. The molecule has 0 atom stereocenters. The minimum absolute atomic E-state index is 0.301. The third kappa shape index (κ3) is 4.06. The lowest BCUT2D eigenvalue weighted by Gasteiger charge is -2.10. The van der Waals surface area contributed by atoms with Crippen molar-refractivity contribution in [2.75, 3.05) is 7.11 Å². The van der Waals surface area contributed by atoms with Crippen molar-refractivity contribution >= 4 is 28.0 Å². The van der Waals surface area contributed by atoms with Gasteiger partial charge < -0.3 is 9.15 Å². The highest BCUT2D eigenvalue weighted by Crippen LogP contribution is 2.23. The summed E-state index contributed by atoms with van der Waals surface area (Å²) in [4.78, 5) is 32.1. The number of hydrogen-bond acceptors (Lipinski definition) is 7. The highest BCUT2D eigenvalue weighted by Gasteiger charge is 2.21. The Morgan fingerprint density at radius 1 is 0.921 bits per heavy atom. The van der Waals surface area contributed by atoms with E-state index in [1.165, 1.54) is 20.7 Å². The molecule has 0 fully saturated rings. The van der Waals surface area contributed by atoms with Crippen molar-refractivity contribution in [2.24, 2.45) is 4.99 Å². The first-order valence-electron chi connectivity index (χ1n) is 11.7. The van der Waals surface area contributed by atoms with E-state index in [9.17, 15) is 9.59 Å². The first-order chi connectivity index (χ1) is 18.5. The first kappa shape index (κ1) is 23.4. The van der Waals surface area contributed by atoms with Crippen LogP contribution in [0.25, 0.3) is 27.9 Å². The monoisotopic (exact) mass is 523 g/mol. The summed E-state index contributed by atoms with van der Waals surface area (Å²) >= 11 is 1.29. The quantitative estimate of drug-likeness (QED) is 0.309. The Hall–Kier alpha value is -4.96. The van der Waals surface area contributed by atoms with Crippen LogP contribution in [0.2, 0.25) is 0 Å². The predicted octanol–water partition coefficient (Wildman–Crippen LogP) is 4.53. The molecule has 3 aromatic carbocycles. The molecule has 6 rings (SSSR count). The van der Waals surface area contributed by atoms with Crippen LogP contribution in [0.4, 0.5) is 5.69 Å². The summed E-state index contributed by atoms with van der Waals surface area (Å²) in [6.45, 7) is 1.73. The van der Waals surface area contributed by atoms with Gasteiger partial charge in [-0.15, -0.1) is 16.4 Å². The fraction of sp³-hybridized carbons (Fsp3) is 0.0714. The van der Waals surface area contributed by atoms with Gasteiger partial charge in [-0.25, -0.2) is 19.3 Å². The Morgan fingerprint density at radius 2 is 1.66 bits per heavy atom. The number of aryl methyl sites for hydroxylation is 1. The first-order valence-corrected chi connectivity index (χ1v) is 12.6. The van der Waals surface area contributed by atoms with Gasteiger partial charge in [0.25, 0.3) is 0 Å². The smallest absolute Gasteiger partial charge is 0.370 e. The molecule has 3 heterocycles. The minimum atomic E-state index is -0.521. The number of methoxy groups -OCH3 is 1. The van der Waals surface area contributed by atoms with E-state index in [0.29, 0.717) is 44.6 Å². The van der Waals surface area contributed by atoms with Crippen molar-refractivity contribution in [1.82, 2.24) is 19.1 Å². The molecule has 0 bridgehead atoms. The van der Waals surface area contributed by atoms with E-state index < -0.39 is 11.3 Å². The van der Waals surface area contributed by atoms with E-state index in [4.69, 9.17) is 14.1 Å². The number of fused-ring (bicyclic) bond motifs is 1. The van der Waals surface area contributed by atoms with E-state index >= 15 is 0 Å². The van der Waals surface area contributed by atoms with Crippen LogP contribution in [0.5, 0.6) is 5.75 Å². The molecule has 0 spiro atoms. The molecule has 0 amide bonds. The standard InChI is InChI=1S/C28H21N5O4S/c1-18-30-31(21-9-4-3-5-10-21)28(35)32(18)33-24(23-16-19-8-6-7-11-25(19)37-26(23)34)17-38-27(33)29-20-12-14-22(36-2)15-13-20/h3-17H,1-2H3. The molecule has 0 radical (unpaired) electrons. The van der Waals surface area contributed by atoms with Crippen LogP contribution in [0.1, 0.15) is 5.82 Å². The molecular formula is C28H21N5O4S. The summed E-state index contributed by atoms with van der Waals surface area (Å²) in [7, 11) is 1.60. The van der Waals surface area contributed by atoms with Crippen molar-refractivity contribution < 1.29 is 9.15 Å². The summed E-state index contributed by atoms with van der Waals surface area (Å²) in [5.41, 5.74) is 1.59. The van der Waals surface area contributed by atoms with Crippen molar-refractivity contribution in [3.8, 4) is 22.7 Å². The average Bonchev–Trinajstić information content (AvgIpc) is 3.47. The second-order valence-corrected chi connectivity index (χ2v) is 9.24. The topological polar surface area (TPSA) is 96.6 Å². The number of rotatable bonds is 5. The third-order valence-electron chi connectivity index (χ3n) is 6.01. The van der Waals surface area contributed by atoms with E-state index in [1.54, 1.807) is 60.5 Å². The number of para-hydroxylation sites is 2. The van der Waals surface area contributed by atoms with Crippen LogP contribution in [-0.2, 0) is 0 Å². The minimum Gasteiger partial charge on any atom is -0.497 e. The predicted molar refractivity (Wildman–Crippen MR) is 145 cm³/mol. The van der Waals surface area contributed by atoms with Gasteiger partial charge in [-0.3, -0.25) is 0 Å². The molecule has 6 aromatic rings. The molecular weight excluding hydrogens is 502 g/mol. The van der Waals surface area contributed by atoms with E-state index in [0.717, 1.165) is 5.39 Å². The molecule has 0 aliphatic carbocycles. The van der Waals surface area contributed by atoms with Gasteiger partial charge in [-0.05, 0) is 55.5 Å². The maximum Gasteiger partial charge on any atom is 0.370 e. The number of benzene rings is 3. The fourth-order valence-corrected chi connectivity index (χ4v) is 5.07. The molecule has 9 nitrogen and oxygen atoms in total. The largest absolute Gasteiger partial charge is 0.497 e. The molecule has 188 valence electrons. The zero-order valence-corrected chi connectivity index (χ0v) is 21.3. The number of aromatic nitrogens is 4. The normalized spacial score (nSPS) is 11.8. The van der Waals surface area contributed by atoms with E-state index in [2.05, 4.69) is 5.10 Å². The Kier molecular flexibility index (Phi) is 5.85. The van der Waals surface area contributed by atoms with Gasteiger partial charge in [0, 0.05) is 10.8 Å². The second-order valence-electron chi connectivity index (χ2n) is 8.40. The lowest BCUT2D eigenvalue weighted by atomic mass is 10.1. The van der Waals surface area contributed by atoms with Gasteiger partial charge in [0.2, 0.25) is 4.80 Å². The number of thiazole rings is 1. The van der Waals surface area contributed by atoms with Gasteiger partial charge >= 0.3 is 11.3 Å². The molecule has 0 unspecified atom stereocenters. The van der Waals surface area contributed by atoms with E-state index in [1.807, 2.05) is 48.5 Å². The molecule has 0 saturated heterocycles. The summed E-state index contributed by atoms with van der Waals surface area (Å²) in [5, 5.41) is 7.05. The van der Waals surface area contributed by atoms with Crippen LogP contribution < -0.4 is 20.9 Å². The van der Waals surface area contributed by atoms with Gasteiger partial charge in [-0.2, -0.15) is 9.36 Å². The molecule has 10 heteroatoms. The molecule has 0 saturated carbocycles. The summed E-state index contributed by atoms with van der Waals surface area (Å²) < 4.78 is 15.2. The van der Waals surface area contributed by atoms with Crippen molar-refractivity contribution in [2.45, 2.75) is 6.92 Å². The van der Waals surface area contributed by atoms with Gasteiger partial charge in [0.05, 0.1) is 29.7 Å². The van der Waals surface area contributed by atoms with E-state index in [-0.39, 0.29) is 0 Å². The van der Waals surface area contributed by atoms with Crippen LogP contribution in [0, 0.1) is 6.92 Å². The fourth-order valence-electron chi connectivity index (χ4n) is 4.19. The highest BCUT2D eigenvalue weighted by atomic mass is 32.1. The number of hydrogen-bond donors (Lipinski definition) is 0. The van der Waals surface area contributed by atoms with Crippen LogP contribution in [-0.4, -0.2) is 26.2 Å². The van der Waals surface area contributed by atoms with Crippen LogP contribution in [0.15, 0.2) is 109 Å². The maximum absolute atomic E-state index is 13.7. The zero-order valence-electron chi connectivity index (χ0n) is 20.4. The summed E-state index contributed by atoms with van der Waals surface area (Å²) in [5.74, 6) is 1.12. The molecule has 0 aliphatic heterocycles.